The molecule has 0 spiro atoms. The molecular formula is C17H18N2O3. The monoisotopic (exact) mass is 298 g/mol. The highest BCUT2D eigenvalue weighted by molar-refractivity contribution is 5.92. The SMILES string of the molecule is COC(=O)[C@@H]1Cc2c([nH]c3ccccc23)[C@@]2(C)CCC(=O)N12. The van der Waals surface area contributed by atoms with Crippen LogP contribution in [0.5, 0.6) is 0 Å². The zero-order valence-electron chi connectivity index (χ0n) is 12.7. The molecule has 0 unspecified atom stereocenters. The Morgan fingerprint density at radius 3 is 2.95 bits per heavy atom. The molecule has 22 heavy (non-hydrogen) atoms. The van der Waals surface area contributed by atoms with Crippen molar-refractivity contribution in [1.82, 2.24) is 9.88 Å². The normalized spacial score (nSPS) is 26.9. The molecule has 0 bridgehead atoms. The van der Waals surface area contributed by atoms with Crippen molar-refractivity contribution in [3.05, 3.63) is 35.5 Å². The zero-order valence-corrected chi connectivity index (χ0v) is 12.7. The summed E-state index contributed by atoms with van der Waals surface area (Å²) in [4.78, 5) is 29.8. The number of para-hydroxylation sites is 1. The van der Waals surface area contributed by atoms with Gasteiger partial charge in [-0.2, -0.15) is 0 Å². The number of aromatic nitrogens is 1. The third kappa shape index (κ3) is 1.54. The number of esters is 1. The average molecular weight is 298 g/mol. The fourth-order valence-corrected chi connectivity index (χ4v) is 4.11. The Labute approximate surface area is 128 Å². The van der Waals surface area contributed by atoms with Crippen LogP contribution in [0.4, 0.5) is 0 Å². The second kappa shape index (κ2) is 4.35. The van der Waals surface area contributed by atoms with E-state index in [9.17, 15) is 9.59 Å². The van der Waals surface area contributed by atoms with Crippen LogP contribution in [0.1, 0.15) is 31.0 Å². The van der Waals surface area contributed by atoms with Crippen LogP contribution in [0.3, 0.4) is 0 Å². The van der Waals surface area contributed by atoms with Gasteiger partial charge in [-0.15, -0.1) is 0 Å². The average Bonchev–Trinajstić information content (AvgIpc) is 3.05. The third-order valence-electron chi connectivity index (χ3n) is 5.16. The van der Waals surface area contributed by atoms with E-state index in [-0.39, 0.29) is 11.9 Å². The number of carbonyl (C=O) groups excluding carboxylic acids is 2. The van der Waals surface area contributed by atoms with E-state index in [0.717, 1.165) is 28.6 Å². The Morgan fingerprint density at radius 1 is 1.41 bits per heavy atom. The van der Waals surface area contributed by atoms with Crippen molar-refractivity contribution in [1.29, 1.82) is 0 Å². The van der Waals surface area contributed by atoms with Crippen LogP contribution < -0.4 is 0 Å². The van der Waals surface area contributed by atoms with Gasteiger partial charge in [0.15, 0.2) is 0 Å². The van der Waals surface area contributed by atoms with E-state index < -0.39 is 11.6 Å². The van der Waals surface area contributed by atoms with Crippen LogP contribution in [0.15, 0.2) is 24.3 Å². The summed E-state index contributed by atoms with van der Waals surface area (Å²) in [7, 11) is 1.38. The summed E-state index contributed by atoms with van der Waals surface area (Å²) in [5, 5.41) is 1.13. The van der Waals surface area contributed by atoms with Crippen molar-refractivity contribution < 1.29 is 14.3 Å². The van der Waals surface area contributed by atoms with Crippen LogP contribution in [-0.4, -0.2) is 34.9 Å². The van der Waals surface area contributed by atoms with E-state index in [4.69, 9.17) is 4.74 Å². The highest BCUT2D eigenvalue weighted by Gasteiger charge is 2.53. The number of carbonyl (C=O) groups is 2. The number of H-pyrrole nitrogens is 1. The van der Waals surface area contributed by atoms with E-state index >= 15 is 0 Å². The molecule has 2 atom stereocenters. The first-order valence-corrected chi connectivity index (χ1v) is 7.56. The van der Waals surface area contributed by atoms with E-state index in [1.54, 1.807) is 4.90 Å². The molecule has 1 aromatic heterocycles. The minimum atomic E-state index is -0.531. The fraction of sp³-hybridized carbons (Fsp3) is 0.412. The highest BCUT2D eigenvalue weighted by atomic mass is 16.5. The molecule has 1 aromatic carbocycles. The molecule has 114 valence electrons. The Hall–Kier alpha value is -2.30. The van der Waals surface area contributed by atoms with E-state index in [2.05, 4.69) is 11.1 Å². The van der Waals surface area contributed by atoms with Gasteiger partial charge in [-0.1, -0.05) is 18.2 Å². The standard InChI is InChI=1S/C17H18N2O3/c1-17-8-7-14(20)19(17)13(16(21)22-2)9-11-10-5-3-4-6-12(10)18-15(11)17/h3-6,13,18H,7-9H2,1-2H3/t13-,17+/m0/s1. The van der Waals surface area contributed by atoms with Crippen molar-refractivity contribution >= 4 is 22.8 Å². The van der Waals surface area contributed by atoms with Gasteiger partial charge >= 0.3 is 5.97 Å². The van der Waals surface area contributed by atoms with Crippen molar-refractivity contribution in [2.45, 2.75) is 37.8 Å². The molecular weight excluding hydrogens is 280 g/mol. The molecule has 2 aromatic rings. The van der Waals surface area contributed by atoms with Crippen LogP contribution >= 0.6 is 0 Å². The number of amides is 1. The number of nitrogens with zero attached hydrogens (tertiary/aromatic N) is 1. The minimum Gasteiger partial charge on any atom is -0.467 e. The Bertz CT molecular complexity index is 794. The van der Waals surface area contributed by atoms with Crippen molar-refractivity contribution in [3.63, 3.8) is 0 Å². The van der Waals surface area contributed by atoms with Crippen LogP contribution in [0, 0.1) is 0 Å². The lowest BCUT2D eigenvalue weighted by Gasteiger charge is -2.43. The summed E-state index contributed by atoms with van der Waals surface area (Å²) >= 11 is 0. The highest BCUT2D eigenvalue weighted by Crippen LogP contribution is 2.47. The second-order valence-electron chi connectivity index (χ2n) is 6.30. The molecule has 4 rings (SSSR count). The van der Waals surface area contributed by atoms with Gasteiger partial charge in [0.2, 0.25) is 5.91 Å². The number of rotatable bonds is 1. The molecule has 3 heterocycles. The summed E-state index contributed by atoms with van der Waals surface area (Å²) in [6.45, 7) is 2.04. The Balaban J connectivity index is 1.97. The van der Waals surface area contributed by atoms with E-state index in [0.29, 0.717) is 12.8 Å². The van der Waals surface area contributed by atoms with Crippen LogP contribution in [0.25, 0.3) is 10.9 Å². The van der Waals surface area contributed by atoms with Gasteiger partial charge in [0.1, 0.15) is 6.04 Å². The molecule has 1 fully saturated rings. The number of ether oxygens (including phenoxy) is 1. The first-order valence-electron chi connectivity index (χ1n) is 7.56. The van der Waals surface area contributed by atoms with Gasteiger partial charge < -0.3 is 14.6 Å². The summed E-state index contributed by atoms with van der Waals surface area (Å²) in [5.41, 5.74) is 2.81. The Morgan fingerprint density at radius 2 is 2.18 bits per heavy atom. The van der Waals surface area contributed by atoms with E-state index in [1.807, 2.05) is 25.1 Å². The van der Waals surface area contributed by atoms with Gasteiger partial charge in [0.25, 0.3) is 0 Å². The summed E-state index contributed by atoms with van der Waals surface area (Å²) in [5.74, 6) is -0.306. The van der Waals surface area contributed by atoms with Crippen LogP contribution in [0.2, 0.25) is 0 Å². The fourth-order valence-electron chi connectivity index (χ4n) is 4.11. The maximum absolute atomic E-state index is 12.4. The first-order chi connectivity index (χ1) is 10.6. The molecule has 1 amide bonds. The molecule has 5 nitrogen and oxygen atoms in total. The van der Waals surface area contributed by atoms with Gasteiger partial charge in [0.05, 0.1) is 12.6 Å². The number of hydrogen-bond acceptors (Lipinski definition) is 3. The quantitative estimate of drug-likeness (QED) is 0.820. The van der Waals surface area contributed by atoms with Crippen LogP contribution in [-0.2, 0) is 26.3 Å². The summed E-state index contributed by atoms with van der Waals surface area (Å²) in [6.07, 6.45) is 1.70. The molecule has 1 N–H and O–H groups in total. The Kier molecular flexibility index (Phi) is 2.64. The third-order valence-corrected chi connectivity index (χ3v) is 5.16. The number of methoxy groups -OCH3 is 1. The lowest BCUT2D eigenvalue weighted by molar-refractivity contribution is -0.156. The number of hydrogen-bond donors (Lipinski definition) is 1. The van der Waals surface area contributed by atoms with Gasteiger partial charge in [-0.3, -0.25) is 4.79 Å². The van der Waals surface area contributed by atoms with Crippen molar-refractivity contribution in [3.8, 4) is 0 Å². The lowest BCUT2D eigenvalue weighted by atomic mass is 9.83. The minimum absolute atomic E-state index is 0.0298. The number of benzene rings is 1. The van der Waals surface area contributed by atoms with Gasteiger partial charge in [-0.25, -0.2) is 4.79 Å². The number of aromatic amines is 1. The topological polar surface area (TPSA) is 62.4 Å². The molecule has 1 saturated heterocycles. The predicted octanol–water partition coefficient (Wildman–Crippen LogP) is 2.10. The zero-order chi connectivity index (χ0) is 15.5. The lowest BCUT2D eigenvalue weighted by Crippen LogP contribution is -2.55. The molecule has 0 aliphatic carbocycles. The number of fused-ring (bicyclic) bond motifs is 5. The molecule has 0 radical (unpaired) electrons. The summed E-state index contributed by atoms with van der Waals surface area (Å²) < 4.78 is 4.95. The van der Waals surface area contributed by atoms with Crippen molar-refractivity contribution in [2.75, 3.05) is 7.11 Å². The predicted molar refractivity (Wildman–Crippen MR) is 81.2 cm³/mol. The second-order valence-corrected chi connectivity index (χ2v) is 6.30. The largest absolute Gasteiger partial charge is 0.467 e. The first kappa shape index (κ1) is 13.4. The van der Waals surface area contributed by atoms with E-state index in [1.165, 1.54) is 7.11 Å². The molecule has 5 heteroatoms. The number of nitrogens with one attached hydrogen (secondary N) is 1. The molecule has 0 saturated carbocycles. The maximum atomic E-state index is 12.4. The summed E-state index contributed by atoms with van der Waals surface area (Å²) in [6, 6.07) is 7.55. The van der Waals surface area contributed by atoms with Gasteiger partial charge in [0, 0.05) is 29.4 Å². The van der Waals surface area contributed by atoms with Crippen molar-refractivity contribution in [2.24, 2.45) is 0 Å². The smallest absolute Gasteiger partial charge is 0.328 e. The maximum Gasteiger partial charge on any atom is 0.328 e. The molecule has 2 aliphatic rings. The van der Waals surface area contributed by atoms with Gasteiger partial charge in [-0.05, 0) is 25.0 Å². The molecule has 2 aliphatic heterocycles.